The van der Waals surface area contributed by atoms with E-state index in [1.54, 1.807) is 4.90 Å². The number of nitrogens with zero attached hydrogens (tertiary/aromatic N) is 2. The van der Waals surface area contributed by atoms with E-state index in [0.717, 1.165) is 10.9 Å². The van der Waals surface area contributed by atoms with Crippen molar-refractivity contribution in [2.75, 3.05) is 13.1 Å². The summed E-state index contributed by atoms with van der Waals surface area (Å²) >= 11 is 0. The topological polar surface area (TPSA) is 83.4 Å². The molecule has 24 heavy (non-hydrogen) atoms. The molecule has 2 saturated heterocycles. The summed E-state index contributed by atoms with van der Waals surface area (Å²) in [5, 5.41) is 6.06. The van der Waals surface area contributed by atoms with Gasteiger partial charge in [0.05, 0.1) is 6.54 Å². The SMILES string of the molecule is O=C1NC(=O)[C@]2(CCN(C(=O)CCn3ccc4ccccc43)C2)N1. The largest absolute Gasteiger partial charge is 0.347 e. The van der Waals surface area contributed by atoms with E-state index in [1.165, 1.54) is 0 Å². The third kappa shape index (κ3) is 2.33. The summed E-state index contributed by atoms with van der Waals surface area (Å²) in [6, 6.07) is 9.59. The van der Waals surface area contributed by atoms with E-state index in [4.69, 9.17) is 0 Å². The van der Waals surface area contributed by atoms with Crippen molar-refractivity contribution in [1.82, 2.24) is 20.1 Å². The number of hydrogen-bond donors (Lipinski definition) is 2. The molecule has 7 nitrogen and oxygen atoms in total. The minimum atomic E-state index is -0.938. The van der Waals surface area contributed by atoms with Crippen LogP contribution in [0.1, 0.15) is 12.8 Å². The number of likely N-dealkylation sites (tertiary alicyclic amines) is 1. The molecule has 0 bridgehead atoms. The van der Waals surface area contributed by atoms with Gasteiger partial charge in [0.2, 0.25) is 5.91 Å². The Kier molecular flexibility index (Phi) is 3.30. The van der Waals surface area contributed by atoms with Crippen molar-refractivity contribution in [1.29, 1.82) is 0 Å². The lowest BCUT2D eigenvalue weighted by Crippen LogP contribution is -2.49. The molecule has 0 aliphatic carbocycles. The smallest absolute Gasteiger partial charge is 0.322 e. The standard InChI is InChI=1S/C17H18N4O3/c22-14(6-9-20-8-5-12-3-1-2-4-13(12)20)21-10-7-17(11-21)15(23)18-16(24)19-17/h1-5,8H,6-7,9-11H2,(H2,18,19,23,24)/t17-/m1/s1. The minimum Gasteiger partial charge on any atom is -0.347 e. The summed E-state index contributed by atoms with van der Waals surface area (Å²) < 4.78 is 2.06. The predicted octanol–water partition coefficient (Wildman–Crippen LogP) is 0.842. The lowest BCUT2D eigenvalue weighted by molar-refractivity contribution is -0.131. The summed E-state index contributed by atoms with van der Waals surface area (Å²) in [5.74, 6) is -0.335. The summed E-state index contributed by atoms with van der Waals surface area (Å²) in [4.78, 5) is 37.4. The highest BCUT2D eigenvalue weighted by Crippen LogP contribution is 2.25. The Bertz CT molecular complexity index is 843. The lowest BCUT2D eigenvalue weighted by Gasteiger charge is -2.21. The van der Waals surface area contributed by atoms with Gasteiger partial charge in [-0.25, -0.2) is 4.79 Å². The molecule has 1 atom stereocenters. The zero-order chi connectivity index (χ0) is 16.7. The van der Waals surface area contributed by atoms with Gasteiger partial charge < -0.3 is 14.8 Å². The van der Waals surface area contributed by atoms with Crippen LogP contribution in [-0.2, 0) is 16.1 Å². The molecule has 2 aliphatic heterocycles. The number of para-hydroxylation sites is 1. The Hall–Kier alpha value is -2.83. The van der Waals surface area contributed by atoms with Gasteiger partial charge in [-0.2, -0.15) is 0 Å². The molecule has 7 heteroatoms. The maximum Gasteiger partial charge on any atom is 0.322 e. The van der Waals surface area contributed by atoms with Crippen LogP contribution in [0, 0.1) is 0 Å². The number of hydrogen-bond acceptors (Lipinski definition) is 3. The second-order valence-electron chi connectivity index (χ2n) is 6.37. The van der Waals surface area contributed by atoms with Crippen LogP contribution < -0.4 is 10.6 Å². The van der Waals surface area contributed by atoms with Crippen LogP contribution in [0.5, 0.6) is 0 Å². The molecule has 1 aromatic carbocycles. The van der Waals surface area contributed by atoms with Crippen LogP contribution in [0.25, 0.3) is 10.9 Å². The predicted molar refractivity (Wildman–Crippen MR) is 87.2 cm³/mol. The van der Waals surface area contributed by atoms with E-state index in [2.05, 4.69) is 15.2 Å². The fourth-order valence-corrected chi connectivity index (χ4v) is 3.55. The van der Waals surface area contributed by atoms with Gasteiger partial charge >= 0.3 is 6.03 Å². The van der Waals surface area contributed by atoms with Crippen LogP contribution in [0.15, 0.2) is 36.5 Å². The normalized spacial score (nSPS) is 23.1. The monoisotopic (exact) mass is 326 g/mol. The third-order valence-corrected chi connectivity index (χ3v) is 4.88. The van der Waals surface area contributed by atoms with Crippen molar-refractivity contribution in [3.8, 4) is 0 Å². The highest BCUT2D eigenvalue weighted by Gasteiger charge is 2.51. The molecule has 1 spiro atoms. The number of imide groups is 1. The first-order valence-electron chi connectivity index (χ1n) is 8.03. The van der Waals surface area contributed by atoms with Crippen molar-refractivity contribution in [2.24, 2.45) is 0 Å². The summed E-state index contributed by atoms with van der Waals surface area (Å²) in [6.45, 7) is 1.32. The molecule has 2 fully saturated rings. The molecule has 0 radical (unpaired) electrons. The minimum absolute atomic E-state index is 0.00129. The fraction of sp³-hybridized carbons (Fsp3) is 0.353. The van der Waals surface area contributed by atoms with Gasteiger partial charge in [-0.15, -0.1) is 0 Å². The Morgan fingerprint density at radius 2 is 2.04 bits per heavy atom. The third-order valence-electron chi connectivity index (χ3n) is 4.88. The van der Waals surface area contributed by atoms with E-state index in [-0.39, 0.29) is 18.4 Å². The Labute approximate surface area is 138 Å². The highest BCUT2D eigenvalue weighted by molar-refractivity contribution is 6.07. The zero-order valence-electron chi connectivity index (χ0n) is 13.1. The number of fused-ring (bicyclic) bond motifs is 1. The van der Waals surface area contributed by atoms with Gasteiger partial charge in [0.15, 0.2) is 0 Å². The van der Waals surface area contributed by atoms with E-state index < -0.39 is 11.6 Å². The summed E-state index contributed by atoms with van der Waals surface area (Å²) in [6.07, 6.45) is 2.81. The lowest BCUT2D eigenvalue weighted by atomic mass is 10.00. The number of aryl methyl sites for hydroxylation is 1. The number of benzene rings is 1. The first-order chi connectivity index (χ1) is 11.6. The average Bonchev–Trinajstić information content (AvgIpc) is 3.24. The van der Waals surface area contributed by atoms with Crippen LogP contribution in [0.3, 0.4) is 0 Å². The molecule has 0 unspecified atom stereocenters. The molecule has 2 aromatic rings. The number of carbonyl (C=O) groups is 3. The number of rotatable bonds is 3. The first-order valence-corrected chi connectivity index (χ1v) is 8.03. The van der Waals surface area contributed by atoms with Gasteiger partial charge in [-0.3, -0.25) is 14.9 Å². The first kappa shape index (κ1) is 14.7. The van der Waals surface area contributed by atoms with Crippen LogP contribution in [0.4, 0.5) is 4.79 Å². The molecule has 2 aliphatic rings. The van der Waals surface area contributed by atoms with Gasteiger partial charge in [0.1, 0.15) is 5.54 Å². The number of aromatic nitrogens is 1. The number of amides is 4. The average molecular weight is 326 g/mol. The van der Waals surface area contributed by atoms with E-state index >= 15 is 0 Å². The zero-order valence-corrected chi connectivity index (χ0v) is 13.1. The highest BCUT2D eigenvalue weighted by atomic mass is 16.2. The van der Waals surface area contributed by atoms with Gasteiger partial charge in [0, 0.05) is 31.2 Å². The van der Waals surface area contributed by atoms with Crippen molar-refractivity contribution in [3.63, 3.8) is 0 Å². The van der Waals surface area contributed by atoms with E-state index in [0.29, 0.717) is 25.9 Å². The Morgan fingerprint density at radius 3 is 2.83 bits per heavy atom. The maximum absolute atomic E-state index is 12.5. The Morgan fingerprint density at radius 1 is 1.21 bits per heavy atom. The van der Waals surface area contributed by atoms with Crippen molar-refractivity contribution >= 4 is 28.7 Å². The van der Waals surface area contributed by atoms with E-state index in [1.807, 2.05) is 36.5 Å². The number of carbonyl (C=O) groups excluding carboxylic acids is 3. The molecular weight excluding hydrogens is 308 g/mol. The van der Waals surface area contributed by atoms with E-state index in [9.17, 15) is 14.4 Å². The van der Waals surface area contributed by atoms with Gasteiger partial charge in [0.25, 0.3) is 5.91 Å². The molecule has 4 rings (SSSR count). The molecule has 4 amide bonds. The maximum atomic E-state index is 12.5. The molecule has 1 aromatic heterocycles. The van der Waals surface area contributed by atoms with Crippen LogP contribution >= 0.6 is 0 Å². The van der Waals surface area contributed by atoms with Crippen LogP contribution in [-0.4, -0.2) is 45.9 Å². The number of urea groups is 1. The van der Waals surface area contributed by atoms with Gasteiger partial charge in [-0.05, 0) is 23.9 Å². The summed E-state index contributed by atoms with van der Waals surface area (Å²) in [5.41, 5.74) is 0.165. The molecular formula is C17H18N4O3. The van der Waals surface area contributed by atoms with Crippen molar-refractivity contribution in [3.05, 3.63) is 36.5 Å². The second-order valence-corrected chi connectivity index (χ2v) is 6.37. The van der Waals surface area contributed by atoms with Gasteiger partial charge in [-0.1, -0.05) is 18.2 Å². The quantitative estimate of drug-likeness (QED) is 0.820. The number of nitrogens with one attached hydrogen (secondary N) is 2. The molecule has 2 N–H and O–H groups in total. The van der Waals surface area contributed by atoms with Crippen molar-refractivity contribution in [2.45, 2.75) is 24.9 Å². The molecule has 3 heterocycles. The fourth-order valence-electron chi connectivity index (χ4n) is 3.55. The van der Waals surface area contributed by atoms with Crippen molar-refractivity contribution < 1.29 is 14.4 Å². The molecule has 0 saturated carbocycles. The van der Waals surface area contributed by atoms with Crippen LogP contribution in [0.2, 0.25) is 0 Å². The second kappa shape index (κ2) is 5.36. The Balaban J connectivity index is 1.41. The molecule has 124 valence electrons. The summed E-state index contributed by atoms with van der Waals surface area (Å²) in [7, 11) is 0.